The van der Waals surface area contributed by atoms with Crippen LogP contribution in [-0.2, 0) is 32.3 Å². The molecule has 2 aromatic heterocycles. The number of nitrogen functional groups attached to an aromatic ring is 2. The fraction of sp³-hybridized carbons (Fsp3) is 0.421. The van der Waals surface area contributed by atoms with Crippen molar-refractivity contribution in [2.24, 2.45) is 5.16 Å². The lowest BCUT2D eigenvalue weighted by molar-refractivity contribution is -0.767. The minimum Gasteiger partial charge on any atom is -0.543 e. The summed E-state index contributed by atoms with van der Waals surface area (Å²) < 4.78 is 31.9. The Hall–Kier alpha value is -3.84. The number of halogens is 2. The van der Waals surface area contributed by atoms with Crippen molar-refractivity contribution in [2.45, 2.75) is 30.9 Å². The molecule has 1 saturated heterocycles. The number of nitrogens with one attached hydrogen (secondary N) is 1. The summed E-state index contributed by atoms with van der Waals surface area (Å²) in [5.41, 5.74) is 10.9. The van der Waals surface area contributed by atoms with E-state index in [1.807, 2.05) is 0 Å². The van der Waals surface area contributed by atoms with Gasteiger partial charge in [0.1, 0.15) is 18.0 Å². The van der Waals surface area contributed by atoms with Crippen LogP contribution in [0.25, 0.3) is 0 Å². The minimum atomic E-state index is -2.86. The number of β-lactam (4-membered cyclic amide) rings is 1. The van der Waals surface area contributed by atoms with Crippen molar-refractivity contribution in [3.05, 3.63) is 29.4 Å². The summed E-state index contributed by atoms with van der Waals surface area (Å²) in [5.74, 6) is -3.09. The number of rotatable bonds is 11. The number of fused-ring (bicyclic) bond motifs is 1. The van der Waals surface area contributed by atoms with Crippen LogP contribution in [0.1, 0.15) is 5.82 Å². The summed E-state index contributed by atoms with van der Waals surface area (Å²) in [7, 11) is 0. The van der Waals surface area contributed by atoms with Gasteiger partial charge in [-0.05, 0) is 0 Å². The fourth-order valence-electron chi connectivity index (χ4n) is 3.84. The fourth-order valence-corrected chi connectivity index (χ4v) is 5.61. The van der Waals surface area contributed by atoms with Gasteiger partial charge in [0, 0.05) is 22.9 Å². The summed E-state index contributed by atoms with van der Waals surface area (Å²) in [6.45, 7) is -1.07. The first-order valence-corrected chi connectivity index (χ1v) is 12.7. The Labute approximate surface area is 220 Å². The second kappa shape index (κ2) is 11.3. The first kappa shape index (κ1) is 27.2. The Morgan fingerprint density at radius 1 is 1.42 bits per heavy atom. The molecule has 2 atom stereocenters. The molecular formula is C19H21F2N9O6S2. The second-order valence-corrected chi connectivity index (χ2v) is 9.76. The van der Waals surface area contributed by atoms with Gasteiger partial charge in [0.25, 0.3) is 18.2 Å². The van der Waals surface area contributed by atoms with E-state index in [9.17, 15) is 33.4 Å². The highest BCUT2D eigenvalue weighted by Crippen LogP contribution is 2.40. The van der Waals surface area contributed by atoms with Crippen LogP contribution < -0.4 is 26.6 Å². The van der Waals surface area contributed by atoms with E-state index >= 15 is 0 Å². The van der Waals surface area contributed by atoms with Gasteiger partial charge in [0.05, 0.1) is 24.3 Å². The molecule has 204 valence electrons. The van der Waals surface area contributed by atoms with Crippen LogP contribution in [0.3, 0.4) is 0 Å². The highest BCUT2D eigenvalue weighted by Gasteiger charge is 2.53. The number of amides is 2. The first-order valence-electron chi connectivity index (χ1n) is 10.8. The van der Waals surface area contributed by atoms with E-state index in [1.54, 1.807) is 21.6 Å². The minimum absolute atomic E-state index is 0.0240. The third-order valence-corrected chi connectivity index (χ3v) is 7.32. The molecular weight excluding hydrogens is 552 g/mol. The number of nitrogens with two attached hydrogens (primary N) is 2. The number of nitrogens with zero attached hydrogens (tertiary/aromatic N) is 6. The molecule has 15 nitrogen and oxygen atoms in total. The van der Waals surface area contributed by atoms with E-state index in [0.29, 0.717) is 11.4 Å². The van der Waals surface area contributed by atoms with Gasteiger partial charge in [-0.2, -0.15) is 9.36 Å². The summed E-state index contributed by atoms with van der Waals surface area (Å²) in [6, 6.07) is 0.421. The molecule has 4 rings (SSSR count). The molecule has 0 aliphatic carbocycles. The number of anilines is 2. The van der Waals surface area contributed by atoms with Crippen molar-refractivity contribution in [3.63, 3.8) is 0 Å². The summed E-state index contributed by atoms with van der Waals surface area (Å²) in [6.07, 6.45) is -1.25. The molecule has 1 fully saturated rings. The zero-order valence-corrected chi connectivity index (χ0v) is 21.0. The lowest BCUT2D eigenvalue weighted by atomic mass is 10.0. The SMILES string of the molecule is Nc1nc(C(=NOCC(F)F)C(=O)N[C@@H]2C(=O)N3C(C(=O)[O-])=C(C[n+]4ccc(N)n4CCO)CS[C@H]23)ns1. The molecule has 2 amide bonds. The van der Waals surface area contributed by atoms with Gasteiger partial charge in [-0.15, -0.1) is 21.1 Å². The van der Waals surface area contributed by atoms with Crippen LogP contribution in [0.5, 0.6) is 0 Å². The third-order valence-electron chi connectivity index (χ3n) is 5.44. The van der Waals surface area contributed by atoms with Crippen LogP contribution >= 0.6 is 23.3 Å². The largest absolute Gasteiger partial charge is 0.543 e. The highest BCUT2D eigenvalue weighted by atomic mass is 32.2. The first-order chi connectivity index (χ1) is 18.1. The monoisotopic (exact) mass is 573 g/mol. The molecule has 38 heavy (non-hydrogen) atoms. The smallest absolute Gasteiger partial charge is 0.278 e. The number of aromatic nitrogens is 4. The molecule has 2 aliphatic heterocycles. The Morgan fingerprint density at radius 2 is 2.18 bits per heavy atom. The second-order valence-electron chi connectivity index (χ2n) is 7.87. The average molecular weight is 574 g/mol. The molecule has 0 spiro atoms. The summed E-state index contributed by atoms with van der Waals surface area (Å²) in [5, 5.41) is 26.3. The Balaban J connectivity index is 1.53. The Bertz CT molecular complexity index is 1310. The number of carboxylic acid groups (broad SMARTS) is 1. The number of hydrogen-bond donors (Lipinski definition) is 4. The van der Waals surface area contributed by atoms with Crippen molar-refractivity contribution in [1.29, 1.82) is 0 Å². The quantitative estimate of drug-likeness (QED) is 0.0912. The van der Waals surface area contributed by atoms with Crippen LogP contribution in [0.4, 0.5) is 19.7 Å². The maximum absolute atomic E-state index is 13.0. The molecule has 0 saturated carbocycles. The molecule has 0 radical (unpaired) electrons. The summed E-state index contributed by atoms with van der Waals surface area (Å²) >= 11 is 1.92. The van der Waals surface area contributed by atoms with Crippen molar-refractivity contribution in [2.75, 3.05) is 30.4 Å². The van der Waals surface area contributed by atoms with E-state index in [0.717, 1.165) is 16.4 Å². The van der Waals surface area contributed by atoms with Crippen molar-refractivity contribution in [1.82, 2.24) is 24.3 Å². The predicted octanol–water partition coefficient (Wildman–Crippen LogP) is -3.13. The normalized spacial score (nSPS) is 19.4. The molecule has 2 aromatic rings. The lowest BCUT2D eigenvalue weighted by Gasteiger charge is -2.50. The number of alkyl halides is 2. The number of carbonyl (C=O) groups excluding carboxylic acids is 3. The van der Waals surface area contributed by atoms with Crippen LogP contribution in [0.2, 0.25) is 0 Å². The van der Waals surface area contributed by atoms with Gasteiger partial charge < -0.3 is 36.6 Å². The number of oxime groups is 1. The van der Waals surface area contributed by atoms with Gasteiger partial charge in [-0.3, -0.25) is 14.5 Å². The van der Waals surface area contributed by atoms with Gasteiger partial charge in [0.15, 0.2) is 30.3 Å². The Morgan fingerprint density at radius 3 is 2.82 bits per heavy atom. The number of hydrogen-bond acceptors (Lipinski definition) is 13. The maximum Gasteiger partial charge on any atom is 0.278 e. The Kier molecular flexibility index (Phi) is 8.07. The van der Waals surface area contributed by atoms with E-state index in [-0.39, 0.29) is 42.1 Å². The molecule has 2 aliphatic rings. The maximum atomic E-state index is 13.0. The van der Waals surface area contributed by atoms with Crippen LogP contribution in [0.15, 0.2) is 28.7 Å². The highest BCUT2D eigenvalue weighted by molar-refractivity contribution is 8.00. The molecule has 0 unspecified atom stereocenters. The number of thioether (sulfide) groups is 1. The standard InChI is InChI=1S/C19H21F2N9O6S2/c20-9(21)6-36-26-11(14-25-19(23)38-27-14)15(32)24-12-16(33)30-13(18(34)35)8(7-37-17(12)30)5-28-2-1-10(22)29(28)3-4-31/h1-2,9,12,17,22,31H,3-7H2,(H4,23,24,25,27,32,34,35)/t12-,17-/m1/s1. The molecule has 19 heteroatoms. The lowest BCUT2D eigenvalue weighted by Crippen LogP contribution is -2.71. The van der Waals surface area contributed by atoms with E-state index in [1.165, 1.54) is 11.8 Å². The van der Waals surface area contributed by atoms with Gasteiger partial charge in [-0.25, -0.2) is 8.78 Å². The third kappa shape index (κ3) is 5.38. The van der Waals surface area contributed by atoms with Crippen LogP contribution in [0, 0.1) is 0 Å². The van der Waals surface area contributed by atoms with Crippen molar-refractivity contribution < 1.29 is 42.9 Å². The zero-order valence-electron chi connectivity index (χ0n) is 19.3. The topological polar surface area (TPSA) is 218 Å². The number of carbonyl (C=O) groups is 3. The molecule has 0 aromatic carbocycles. The average Bonchev–Trinajstić information content (AvgIpc) is 3.45. The van der Waals surface area contributed by atoms with Crippen LogP contribution in [-0.4, -0.2) is 84.3 Å². The van der Waals surface area contributed by atoms with E-state index < -0.39 is 47.9 Å². The van der Waals surface area contributed by atoms with Crippen molar-refractivity contribution in [3.8, 4) is 0 Å². The van der Waals surface area contributed by atoms with Gasteiger partial charge in [0.2, 0.25) is 11.5 Å². The van der Waals surface area contributed by atoms with Gasteiger partial charge in [-0.1, -0.05) is 5.16 Å². The van der Waals surface area contributed by atoms with E-state index in [4.69, 9.17) is 11.5 Å². The molecule has 6 N–H and O–H groups in total. The predicted molar refractivity (Wildman–Crippen MR) is 126 cm³/mol. The van der Waals surface area contributed by atoms with E-state index in [2.05, 4.69) is 24.7 Å². The zero-order chi connectivity index (χ0) is 27.6. The summed E-state index contributed by atoms with van der Waals surface area (Å²) in [4.78, 5) is 47.2. The molecule has 4 heterocycles. The molecule has 0 bridgehead atoms. The number of aliphatic hydroxyl groups is 1. The number of carboxylic acids is 1. The van der Waals surface area contributed by atoms with Gasteiger partial charge >= 0.3 is 0 Å². The number of aliphatic carboxylic acids is 1. The van der Waals surface area contributed by atoms with Crippen molar-refractivity contribution >= 4 is 57.7 Å². The number of aliphatic hydroxyl groups excluding tert-OH is 1.